The van der Waals surface area contributed by atoms with Gasteiger partial charge in [0.1, 0.15) is 17.5 Å². The molecule has 2 fully saturated rings. The van der Waals surface area contributed by atoms with Gasteiger partial charge in [-0.25, -0.2) is 9.97 Å². The molecule has 104 valence electrons. The maximum Gasteiger partial charge on any atom is 0.134 e. The lowest BCUT2D eigenvalue weighted by atomic mass is 9.84. The van der Waals surface area contributed by atoms with Crippen LogP contribution in [0.4, 0.5) is 11.6 Å². The van der Waals surface area contributed by atoms with Gasteiger partial charge in [-0.15, -0.1) is 0 Å². The summed E-state index contributed by atoms with van der Waals surface area (Å²) in [4.78, 5) is 13.6. The highest BCUT2D eigenvalue weighted by molar-refractivity contribution is 5.47. The van der Waals surface area contributed by atoms with Gasteiger partial charge < -0.3 is 15.5 Å². The van der Waals surface area contributed by atoms with Crippen LogP contribution < -0.4 is 10.6 Å². The maximum absolute atomic E-state index is 5.83. The lowest BCUT2D eigenvalue weighted by molar-refractivity contribution is 0.102. The van der Waals surface area contributed by atoms with E-state index in [9.17, 15) is 0 Å². The summed E-state index contributed by atoms with van der Waals surface area (Å²) in [5.41, 5.74) is 5.83. The summed E-state index contributed by atoms with van der Waals surface area (Å²) in [5, 5.41) is 0. The van der Waals surface area contributed by atoms with E-state index in [2.05, 4.69) is 26.8 Å². The first-order chi connectivity index (χ1) is 9.13. The summed E-state index contributed by atoms with van der Waals surface area (Å²) >= 11 is 0. The number of nitrogens with zero attached hydrogens (tertiary/aromatic N) is 4. The zero-order valence-electron chi connectivity index (χ0n) is 11.8. The average molecular weight is 261 g/mol. The minimum Gasteiger partial charge on any atom is -0.384 e. The second-order valence-corrected chi connectivity index (χ2v) is 5.88. The van der Waals surface area contributed by atoms with Gasteiger partial charge in [0.05, 0.1) is 0 Å². The number of piperidine rings is 2. The Morgan fingerprint density at radius 2 is 2.11 bits per heavy atom. The molecule has 0 bridgehead atoms. The molecule has 2 aliphatic rings. The number of hydrogen-bond donors (Lipinski definition) is 1. The first-order valence-corrected chi connectivity index (χ1v) is 7.20. The Balaban J connectivity index is 1.77. The molecular formula is C14H23N5. The molecule has 0 amide bonds. The van der Waals surface area contributed by atoms with Crippen LogP contribution in [0.15, 0.2) is 6.07 Å². The fraction of sp³-hybridized carbons (Fsp3) is 0.714. The molecule has 0 aliphatic carbocycles. The molecule has 3 heterocycles. The Morgan fingerprint density at radius 3 is 2.89 bits per heavy atom. The molecule has 0 spiro atoms. The van der Waals surface area contributed by atoms with Crippen molar-refractivity contribution in [3.63, 3.8) is 0 Å². The van der Waals surface area contributed by atoms with Crippen LogP contribution in [0.3, 0.4) is 0 Å². The van der Waals surface area contributed by atoms with Crippen LogP contribution in [0.25, 0.3) is 0 Å². The van der Waals surface area contributed by atoms with Crippen molar-refractivity contribution in [2.45, 2.75) is 32.2 Å². The van der Waals surface area contributed by atoms with E-state index in [1.165, 1.54) is 25.8 Å². The van der Waals surface area contributed by atoms with Crippen LogP contribution in [0.2, 0.25) is 0 Å². The van der Waals surface area contributed by atoms with E-state index in [0.717, 1.165) is 36.7 Å². The second-order valence-electron chi connectivity index (χ2n) is 5.88. The summed E-state index contributed by atoms with van der Waals surface area (Å²) < 4.78 is 0. The molecule has 3 rings (SSSR count). The number of aryl methyl sites for hydroxylation is 1. The maximum atomic E-state index is 5.83. The first-order valence-electron chi connectivity index (χ1n) is 7.20. The minimum atomic E-state index is 0.574. The largest absolute Gasteiger partial charge is 0.384 e. The molecule has 2 unspecified atom stereocenters. The highest BCUT2D eigenvalue weighted by Crippen LogP contribution is 2.31. The third kappa shape index (κ3) is 2.52. The van der Waals surface area contributed by atoms with E-state index in [-0.39, 0.29) is 0 Å². The van der Waals surface area contributed by atoms with Crippen molar-refractivity contribution in [3.8, 4) is 0 Å². The number of rotatable bonds is 1. The van der Waals surface area contributed by atoms with Gasteiger partial charge >= 0.3 is 0 Å². The summed E-state index contributed by atoms with van der Waals surface area (Å²) in [6.07, 6.45) is 3.88. The molecule has 2 N–H and O–H groups in total. The Labute approximate surface area is 114 Å². The lowest BCUT2D eigenvalue weighted by Gasteiger charge is -2.46. The molecule has 19 heavy (non-hydrogen) atoms. The van der Waals surface area contributed by atoms with Crippen molar-refractivity contribution in [2.75, 3.05) is 37.3 Å². The quantitative estimate of drug-likeness (QED) is 0.825. The normalized spacial score (nSPS) is 28.2. The van der Waals surface area contributed by atoms with Crippen LogP contribution in [0.5, 0.6) is 0 Å². The number of likely N-dealkylation sites (tertiary alicyclic amines) is 1. The lowest BCUT2D eigenvalue weighted by Crippen LogP contribution is -2.52. The van der Waals surface area contributed by atoms with Gasteiger partial charge in [0.2, 0.25) is 0 Å². The van der Waals surface area contributed by atoms with Gasteiger partial charge in [-0.2, -0.15) is 0 Å². The van der Waals surface area contributed by atoms with E-state index >= 15 is 0 Å². The standard InChI is InChI=1S/C14H23N5/c1-10-16-13(15)8-14(17-10)19-7-5-12-11(9-19)4-3-6-18(12)2/h8,11-12H,3-7,9H2,1-2H3,(H2,15,16,17). The molecule has 0 aromatic carbocycles. The zero-order valence-corrected chi connectivity index (χ0v) is 11.8. The molecule has 0 radical (unpaired) electrons. The van der Waals surface area contributed by atoms with Crippen LogP contribution in [-0.2, 0) is 0 Å². The van der Waals surface area contributed by atoms with E-state index in [0.29, 0.717) is 5.82 Å². The van der Waals surface area contributed by atoms with Crippen LogP contribution in [-0.4, -0.2) is 47.6 Å². The van der Waals surface area contributed by atoms with Crippen LogP contribution in [0, 0.1) is 12.8 Å². The van der Waals surface area contributed by atoms with Gasteiger partial charge in [0.25, 0.3) is 0 Å². The van der Waals surface area contributed by atoms with E-state index < -0.39 is 0 Å². The van der Waals surface area contributed by atoms with E-state index in [4.69, 9.17) is 5.73 Å². The summed E-state index contributed by atoms with van der Waals surface area (Å²) in [6, 6.07) is 2.66. The van der Waals surface area contributed by atoms with E-state index in [1.54, 1.807) is 0 Å². The van der Waals surface area contributed by atoms with Crippen LogP contribution >= 0.6 is 0 Å². The van der Waals surface area contributed by atoms with Crippen molar-refractivity contribution >= 4 is 11.6 Å². The van der Waals surface area contributed by atoms with Crippen molar-refractivity contribution in [2.24, 2.45) is 5.92 Å². The third-order valence-electron chi connectivity index (χ3n) is 4.51. The number of fused-ring (bicyclic) bond motifs is 1. The predicted molar refractivity (Wildman–Crippen MR) is 77.2 cm³/mol. The minimum absolute atomic E-state index is 0.574. The third-order valence-corrected chi connectivity index (χ3v) is 4.51. The summed E-state index contributed by atoms with van der Waals surface area (Å²) in [6.45, 7) is 5.33. The van der Waals surface area contributed by atoms with Crippen LogP contribution in [0.1, 0.15) is 25.1 Å². The highest BCUT2D eigenvalue weighted by atomic mass is 15.2. The van der Waals surface area contributed by atoms with Crippen molar-refractivity contribution in [1.82, 2.24) is 14.9 Å². The molecule has 2 aliphatic heterocycles. The number of anilines is 2. The highest BCUT2D eigenvalue weighted by Gasteiger charge is 2.34. The molecular weight excluding hydrogens is 238 g/mol. The molecule has 0 saturated carbocycles. The molecule has 2 atom stereocenters. The topological polar surface area (TPSA) is 58.3 Å². The molecule has 2 saturated heterocycles. The van der Waals surface area contributed by atoms with Crippen molar-refractivity contribution in [3.05, 3.63) is 11.9 Å². The predicted octanol–water partition coefficient (Wildman–Crippen LogP) is 1.29. The summed E-state index contributed by atoms with van der Waals surface area (Å²) in [7, 11) is 2.26. The second kappa shape index (κ2) is 4.96. The monoisotopic (exact) mass is 261 g/mol. The van der Waals surface area contributed by atoms with Crippen molar-refractivity contribution < 1.29 is 0 Å². The number of hydrogen-bond acceptors (Lipinski definition) is 5. The van der Waals surface area contributed by atoms with Gasteiger partial charge in [0.15, 0.2) is 0 Å². The average Bonchev–Trinajstić information content (AvgIpc) is 2.37. The van der Waals surface area contributed by atoms with Gasteiger partial charge in [-0.05, 0) is 45.7 Å². The molecule has 1 aromatic heterocycles. The smallest absolute Gasteiger partial charge is 0.134 e. The van der Waals surface area contributed by atoms with Crippen molar-refractivity contribution in [1.29, 1.82) is 0 Å². The Kier molecular flexibility index (Phi) is 3.31. The zero-order chi connectivity index (χ0) is 13.4. The van der Waals surface area contributed by atoms with Gasteiger partial charge in [0, 0.05) is 25.2 Å². The number of nitrogens with two attached hydrogens (primary N) is 1. The van der Waals surface area contributed by atoms with Gasteiger partial charge in [-0.3, -0.25) is 0 Å². The first kappa shape index (κ1) is 12.7. The number of nitrogen functional groups attached to an aromatic ring is 1. The number of aromatic nitrogens is 2. The Morgan fingerprint density at radius 1 is 1.26 bits per heavy atom. The van der Waals surface area contributed by atoms with E-state index in [1.807, 2.05) is 13.0 Å². The fourth-order valence-electron chi connectivity index (χ4n) is 3.60. The molecule has 5 nitrogen and oxygen atoms in total. The van der Waals surface area contributed by atoms with Gasteiger partial charge in [-0.1, -0.05) is 0 Å². The Hall–Kier alpha value is -1.36. The summed E-state index contributed by atoms with van der Waals surface area (Å²) in [5.74, 6) is 3.10. The molecule has 5 heteroatoms. The SMILES string of the molecule is Cc1nc(N)cc(N2CCC3C(CCCN3C)C2)n1. The molecule has 1 aromatic rings. The Bertz CT molecular complexity index is 441. The fourth-order valence-corrected chi connectivity index (χ4v) is 3.60.